The smallest absolute Gasteiger partial charge is 0.0410 e. The highest BCUT2D eigenvalue weighted by Crippen LogP contribution is 2.44. The molecule has 1 aromatic carbocycles. The zero-order valence-electron chi connectivity index (χ0n) is 9.05. The molecule has 86 valence electrons. The summed E-state index contributed by atoms with van der Waals surface area (Å²) in [6.45, 7) is 0. The standard InChI is InChI=1S/C13H15BrClN/c14-8-2-1-3-12-10(6-8)11-7-9(15)4-5-13(11)16-12/h4-5,7-8,10,12,16H,1-3,6H2. The van der Waals surface area contributed by atoms with Crippen LogP contribution in [0.4, 0.5) is 5.69 Å². The molecule has 3 heteroatoms. The van der Waals surface area contributed by atoms with Crippen LogP contribution in [0, 0.1) is 0 Å². The van der Waals surface area contributed by atoms with Gasteiger partial charge in [0.15, 0.2) is 0 Å². The minimum Gasteiger partial charge on any atom is -0.381 e. The van der Waals surface area contributed by atoms with Gasteiger partial charge in [0.2, 0.25) is 0 Å². The van der Waals surface area contributed by atoms with Crippen molar-refractivity contribution in [3.05, 3.63) is 28.8 Å². The first-order chi connectivity index (χ1) is 7.74. The van der Waals surface area contributed by atoms with Crippen LogP contribution in [0.3, 0.4) is 0 Å². The summed E-state index contributed by atoms with van der Waals surface area (Å²) in [5.74, 6) is 0.639. The average Bonchev–Trinajstić information content (AvgIpc) is 2.47. The lowest BCUT2D eigenvalue weighted by Crippen LogP contribution is -2.19. The number of alkyl halides is 1. The lowest BCUT2D eigenvalue weighted by atomic mass is 9.91. The maximum Gasteiger partial charge on any atom is 0.0410 e. The van der Waals surface area contributed by atoms with Crippen molar-refractivity contribution in [2.24, 2.45) is 0 Å². The first kappa shape index (κ1) is 10.9. The van der Waals surface area contributed by atoms with Crippen LogP contribution in [0.1, 0.15) is 37.2 Å². The summed E-state index contributed by atoms with van der Waals surface area (Å²) in [7, 11) is 0. The predicted octanol–water partition coefficient (Wildman–Crippen LogP) is 4.56. The number of anilines is 1. The molecule has 0 saturated heterocycles. The third-order valence-electron chi connectivity index (χ3n) is 3.78. The second-order valence-electron chi connectivity index (χ2n) is 4.85. The second kappa shape index (κ2) is 4.23. The fourth-order valence-corrected chi connectivity index (χ4v) is 3.91. The SMILES string of the molecule is Clc1ccc2c(c1)C1CC(Br)CCCC1N2. The number of hydrogen-bond acceptors (Lipinski definition) is 1. The number of halogens is 2. The maximum atomic E-state index is 6.09. The van der Waals surface area contributed by atoms with Crippen molar-refractivity contribution >= 4 is 33.2 Å². The number of rotatable bonds is 0. The van der Waals surface area contributed by atoms with Crippen LogP contribution in [0.5, 0.6) is 0 Å². The summed E-state index contributed by atoms with van der Waals surface area (Å²) in [6, 6.07) is 6.86. The molecule has 3 atom stereocenters. The molecule has 0 spiro atoms. The van der Waals surface area contributed by atoms with E-state index in [1.807, 2.05) is 6.07 Å². The number of benzene rings is 1. The highest BCUT2D eigenvalue weighted by Gasteiger charge is 2.34. The minimum absolute atomic E-state index is 0.621. The molecule has 1 aliphatic carbocycles. The van der Waals surface area contributed by atoms with Gasteiger partial charge < -0.3 is 5.32 Å². The zero-order chi connectivity index (χ0) is 11.1. The Bertz CT molecular complexity index is 407. The Balaban J connectivity index is 1.97. The third kappa shape index (κ3) is 1.86. The van der Waals surface area contributed by atoms with Gasteiger partial charge in [0, 0.05) is 27.5 Å². The van der Waals surface area contributed by atoms with Gasteiger partial charge in [-0.2, -0.15) is 0 Å². The van der Waals surface area contributed by atoms with E-state index in [1.165, 1.54) is 36.9 Å². The van der Waals surface area contributed by atoms with Gasteiger partial charge in [0.05, 0.1) is 0 Å². The van der Waals surface area contributed by atoms with Gasteiger partial charge in [0.1, 0.15) is 0 Å². The Kier molecular flexibility index (Phi) is 2.88. The summed E-state index contributed by atoms with van der Waals surface area (Å²) in [6.07, 6.45) is 5.11. The Labute approximate surface area is 110 Å². The Morgan fingerprint density at radius 3 is 3.06 bits per heavy atom. The van der Waals surface area contributed by atoms with Gasteiger partial charge in [-0.05, 0) is 43.0 Å². The largest absolute Gasteiger partial charge is 0.381 e. The molecule has 16 heavy (non-hydrogen) atoms. The first-order valence-electron chi connectivity index (χ1n) is 5.94. The Morgan fingerprint density at radius 2 is 2.19 bits per heavy atom. The zero-order valence-corrected chi connectivity index (χ0v) is 11.4. The number of hydrogen-bond donors (Lipinski definition) is 1. The quantitative estimate of drug-likeness (QED) is 0.693. The molecule has 3 rings (SSSR count). The molecule has 3 unspecified atom stereocenters. The van der Waals surface area contributed by atoms with Gasteiger partial charge in [-0.25, -0.2) is 0 Å². The molecular weight excluding hydrogens is 286 g/mol. The van der Waals surface area contributed by atoms with Crippen molar-refractivity contribution in [2.75, 3.05) is 5.32 Å². The van der Waals surface area contributed by atoms with Crippen LogP contribution < -0.4 is 5.32 Å². The van der Waals surface area contributed by atoms with E-state index < -0.39 is 0 Å². The molecule has 1 saturated carbocycles. The van der Waals surface area contributed by atoms with Crippen LogP contribution in [-0.4, -0.2) is 10.9 Å². The summed E-state index contributed by atoms with van der Waals surface area (Å²) in [5.41, 5.74) is 2.71. The lowest BCUT2D eigenvalue weighted by Gasteiger charge is -2.17. The van der Waals surface area contributed by atoms with Gasteiger partial charge in [-0.15, -0.1) is 0 Å². The number of fused-ring (bicyclic) bond motifs is 3. The molecule has 1 heterocycles. The summed E-state index contributed by atoms with van der Waals surface area (Å²) < 4.78 is 0. The molecule has 0 radical (unpaired) electrons. The van der Waals surface area contributed by atoms with Crippen LogP contribution >= 0.6 is 27.5 Å². The topological polar surface area (TPSA) is 12.0 Å². The normalized spacial score (nSPS) is 32.5. The van der Waals surface area contributed by atoms with Crippen LogP contribution in [0.2, 0.25) is 5.02 Å². The molecule has 0 bridgehead atoms. The molecule has 1 fully saturated rings. The molecule has 1 aliphatic heterocycles. The Hall–Kier alpha value is -0.210. The molecule has 1 aromatic rings. The minimum atomic E-state index is 0.621. The summed E-state index contributed by atoms with van der Waals surface area (Å²) in [5, 5.41) is 4.50. The van der Waals surface area contributed by atoms with E-state index >= 15 is 0 Å². The molecule has 1 nitrogen and oxygen atoms in total. The maximum absolute atomic E-state index is 6.09. The van der Waals surface area contributed by atoms with Crippen LogP contribution in [0.25, 0.3) is 0 Å². The lowest BCUT2D eigenvalue weighted by molar-refractivity contribution is 0.566. The monoisotopic (exact) mass is 299 g/mol. The van der Waals surface area contributed by atoms with E-state index in [0.29, 0.717) is 16.8 Å². The summed E-state index contributed by atoms with van der Waals surface area (Å²) in [4.78, 5) is 0.661. The van der Waals surface area contributed by atoms with E-state index in [9.17, 15) is 0 Å². The van der Waals surface area contributed by atoms with Crippen LogP contribution in [-0.2, 0) is 0 Å². The highest BCUT2D eigenvalue weighted by atomic mass is 79.9. The predicted molar refractivity (Wildman–Crippen MR) is 72.8 cm³/mol. The highest BCUT2D eigenvalue weighted by molar-refractivity contribution is 9.09. The fourth-order valence-electron chi connectivity index (χ4n) is 3.01. The van der Waals surface area contributed by atoms with E-state index in [1.54, 1.807) is 0 Å². The van der Waals surface area contributed by atoms with Crippen molar-refractivity contribution in [3.8, 4) is 0 Å². The van der Waals surface area contributed by atoms with Gasteiger partial charge >= 0.3 is 0 Å². The average molecular weight is 301 g/mol. The molecule has 0 aromatic heterocycles. The van der Waals surface area contributed by atoms with Crippen molar-refractivity contribution in [1.29, 1.82) is 0 Å². The van der Waals surface area contributed by atoms with E-state index in [-0.39, 0.29) is 0 Å². The van der Waals surface area contributed by atoms with E-state index in [0.717, 1.165) is 5.02 Å². The van der Waals surface area contributed by atoms with Gasteiger partial charge in [-0.3, -0.25) is 0 Å². The van der Waals surface area contributed by atoms with Crippen molar-refractivity contribution < 1.29 is 0 Å². The van der Waals surface area contributed by atoms with Gasteiger partial charge in [-0.1, -0.05) is 34.0 Å². The third-order valence-corrected chi connectivity index (χ3v) is 4.85. The summed E-state index contributed by atoms with van der Waals surface area (Å²) >= 11 is 9.88. The first-order valence-corrected chi connectivity index (χ1v) is 7.23. The van der Waals surface area contributed by atoms with E-state index in [2.05, 4.69) is 33.4 Å². The van der Waals surface area contributed by atoms with Crippen molar-refractivity contribution in [3.63, 3.8) is 0 Å². The fraction of sp³-hybridized carbons (Fsp3) is 0.538. The van der Waals surface area contributed by atoms with Crippen molar-refractivity contribution in [2.45, 2.75) is 42.5 Å². The van der Waals surface area contributed by atoms with Crippen molar-refractivity contribution in [1.82, 2.24) is 0 Å². The molecule has 1 N–H and O–H groups in total. The number of nitrogens with one attached hydrogen (secondary N) is 1. The molecular formula is C13H15BrClN. The van der Waals surface area contributed by atoms with E-state index in [4.69, 9.17) is 11.6 Å². The molecule has 0 amide bonds. The van der Waals surface area contributed by atoms with Crippen LogP contribution in [0.15, 0.2) is 18.2 Å². The van der Waals surface area contributed by atoms with Gasteiger partial charge in [0.25, 0.3) is 0 Å². The molecule has 2 aliphatic rings. The second-order valence-corrected chi connectivity index (χ2v) is 6.58. The Morgan fingerprint density at radius 1 is 1.31 bits per heavy atom.